The molecule has 1 N–H and O–H groups in total. The molecule has 1 aliphatic rings. The molecule has 0 radical (unpaired) electrons. The van der Waals surface area contributed by atoms with Crippen molar-refractivity contribution in [2.24, 2.45) is 5.92 Å². The van der Waals surface area contributed by atoms with Crippen molar-refractivity contribution in [3.05, 3.63) is 41.7 Å². The summed E-state index contributed by atoms with van der Waals surface area (Å²) in [5.74, 6) is -0.649. The van der Waals surface area contributed by atoms with Crippen LogP contribution in [0.1, 0.15) is 45.9 Å². The molecule has 2 aromatic rings. The topological polar surface area (TPSA) is 80.8 Å². The third-order valence-electron chi connectivity index (χ3n) is 5.39. The molecule has 7 nitrogen and oxygen atoms in total. The van der Waals surface area contributed by atoms with Crippen LogP contribution in [0.25, 0.3) is 10.8 Å². The molecule has 1 aromatic carbocycles. The second kappa shape index (κ2) is 8.83. The fraction of sp³-hybridized carbons (Fsp3) is 0.542. The number of carbonyl (C=O) groups excluding carboxylic acids is 2. The van der Waals surface area contributed by atoms with E-state index in [4.69, 9.17) is 9.47 Å². The first-order valence-corrected chi connectivity index (χ1v) is 10.7. The van der Waals surface area contributed by atoms with Crippen molar-refractivity contribution >= 4 is 22.8 Å². The lowest BCUT2D eigenvalue weighted by atomic mass is 9.90. The fourth-order valence-corrected chi connectivity index (χ4v) is 3.77. The third-order valence-corrected chi connectivity index (χ3v) is 5.39. The van der Waals surface area contributed by atoms with Crippen molar-refractivity contribution in [3.63, 3.8) is 0 Å². The smallest absolute Gasteiger partial charge is 0.410 e. The number of nitrogens with one attached hydrogen (secondary N) is 1. The van der Waals surface area contributed by atoms with Crippen molar-refractivity contribution in [3.8, 4) is 0 Å². The Kier molecular flexibility index (Phi) is 6.55. The Bertz CT molecular complexity index is 965. The molecule has 1 atom stereocenters. The molecule has 0 bridgehead atoms. The maximum Gasteiger partial charge on any atom is 0.410 e. The number of amides is 2. The van der Waals surface area contributed by atoms with Crippen LogP contribution in [0.5, 0.6) is 0 Å². The van der Waals surface area contributed by atoms with E-state index in [-0.39, 0.29) is 19.1 Å². The highest BCUT2D eigenvalue weighted by molar-refractivity contribution is 5.89. The van der Waals surface area contributed by atoms with Gasteiger partial charge < -0.3 is 19.7 Å². The molecular weight excluding hydrogens is 394 g/mol. The van der Waals surface area contributed by atoms with Crippen molar-refractivity contribution < 1.29 is 19.1 Å². The van der Waals surface area contributed by atoms with Gasteiger partial charge in [-0.05, 0) is 46.9 Å². The molecule has 1 aliphatic heterocycles. The summed E-state index contributed by atoms with van der Waals surface area (Å²) >= 11 is 0. The Hall–Kier alpha value is -2.67. The number of hydrogen-bond donors (Lipinski definition) is 1. The summed E-state index contributed by atoms with van der Waals surface area (Å²) in [4.78, 5) is 31.8. The minimum Gasteiger partial charge on any atom is -0.444 e. The summed E-state index contributed by atoms with van der Waals surface area (Å²) in [6.07, 6.45) is 1.40. The van der Waals surface area contributed by atoms with Crippen LogP contribution in [-0.2, 0) is 19.8 Å². The largest absolute Gasteiger partial charge is 0.444 e. The molecular formula is C24H33N3O4. The molecule has 7 heteroatoms. The fourth-order valence-electron chi connectivity index (χ4n) is 3.77. The molecule has 168 valence electrons. The normalized spacial score (nSPS) is 17.9. The van der Waals surface area contributed by atoms with Gasteiger partial charge in [0.15, 0.2) is 0 Å². The van der Waals surface area contributed by atoms with Crippen molar-refractivity contribution in [2.75, 3.05) is 26.3 Å². The van der Waals surface area contributed by atoms with Gasteiger partial charge in [0.1, 0.15) is 5.60 Å². The van der Waals surface area contributed by atoms with Gasteiger partial charge in [0, 0.05) is 35.9 Å². The number of benzene rings is 1. The van der Waals surface area contributed by atoms with Gasteiger partial charge in [-0.15, -0.1) is 0 Å². The van der Waals surface area contributed by atoms with Gasteiger partial charge in [-0.2, -0.15) is 0 Å². The van der Waals surface area contributed by atoms with E-state index in [1.807, 2.05) is 72.0 Å². The molecule has 1 unspecified atom stereocenters. The lowest BCUT2D eigenvalue weighted by Crippen LogP contribution is -2.48. The molecule has 2 amide bonds. The molecule has 0 saturated carbocycles. The van der Waals surface area contributed by atoms with Crippen LogP contribution in [-0.4, -0.2) is 53.8 Å². The first kappa shape index (κ1) is 23.0. The minimum absolute atomic E-state index is 0.162. The molecule has 1 saturated heterocycles. The van der Waals surface area contributed by atoms with Crippen LogP contribution in [0.3, 0.4) is 0 Å². The Morgan fingerprint density at radius 1 is 1.16 bits per heavy atom. The zero-order valence-electron chi connectivity index (χ0n) is 19.3. The molecule has 3 rings (SSSR count). The molecule has 1 aromatic heterocycles. The van der Waals surface area contributed by atoms with E-state index >= 15 is 0 Å². The van der Waals surface area contributed by atoms with Crippen LogP contribution in [0.4, 0.5) is 4.79 Å². The zero-order valence-corrected chi connectivity index (χ0v) is 19.3. The molecule has 0 aliphatic carbocycles. The highest BCUT2D eigenvalue weighted by Crippen LogP contribution is 2.29. The van der Waals surface area contributed by atoms with E-state index in [9.17, 15) is 9.59 Å². The number of aryl methyl sites for hydroxylation is 1. The van der Waals surface area contributed by atoms with Gasteiger partial charge in [0.05, 0.1) is 24.7 Å². The standard InChI is InChI=1S/C24H33N3O4/c1-16-18-9-7-8-10-19(18)20(13-25-16)24(5,6)26-21(28)17-14-27(11-12-30-15-17)22(29)31-23(2,3)4/h7-10,13,17H,11-12,14-15H2,1-6H3,(H,26,28). The van der Waals surface area contributed by atoms with Crippen LogP contribution < -0.4 is 5.32 Å². The minimum atomic E-state index is -0.652. The maximum atomic E-state index is 13.2. The predicted octanol–water partition coefficient (Wildman–Crippen LogP) is 3.78. The van der Waals surface area contributed by atoms with E-state index in [2.05, 4.69) is 10.3 Å². The van der Waals surface area contributed by atoms with Gasteiger partial charge in [0.2, 0.25) is 5.91 Å². The number of ether oxygens (including phenoxy) is 2. The highest BCUT2D eigenvalue weighted by atomic mass is 16.6. The van der Waals surface area contributed by atoms with Gasteiger partial charge in [-0.25, -0.2) is 4.79 Å². The van der Waals surface area contributed by atoms with E-state index in [0.717, 1.165) is 22.0 Å². The molecule has 0 spiro atoms. The first-order chi connectivity index (χ1) is 14.5. The zero-order chi connectivity index (χ0) is 22.8. The number of carbonyl (C=O) groups is 2. The van der Waals surface area contributed by atoms with E-state index in [1.54, 1.807) is 4.90 Å². The maximum absolute atomic E-state index is 13.2. The average Bonchev–Trinajstić information content (AvgIpc) is 2.93. The van der Waals surface area contributed by atoms with Crippen molar-refractivity contribution in [1.29, 1.82) is 0 Å². The third kappa shape index (κ3) is 5.53. The van der Waals surface area contributed by atoms with Crippen LogP contribution in [0.2, 0.25) is 0 Å². The first-order valence-electron chi connectivity index (χ1n) is 10.7. The summed E-state index contributed by atoms with van der Waals surface area (Å²) in [5, 5.41) is 5.28. The Balaban J connectivity index is 1.78. The number of rotatable bonds is 3. The van der Waals surface area contributed by atoms with E-state index in [1.165, 1.54) is 0 Å². The Morgan fingerprint density at radius 3 is 2.52 bits per heavy atom. The summed E-state index contributed by atoms with van der Waals surface area (Å²) in [6, 6.07) is 8.06. The second-order valence-electron chi connectivity index (χ2n) is 9.62. The van der Waals surface area contributed by atoms with Crippen LogP contribution in [0.15, 0.2) is 30.5 Å². The Morgan fingerprint density at radius 2 is 1.84 bits per heavy atom. The number of aromatic nitrogens is 1. The van der Waals surface area contributed by atoms with Crippen LogP contribution >= 0.6 is 0 Å². The van der Waals surface area contributed by atoms with Gasteiger partial charge in [-0.3, -0.25) is 9.78 Å². The number of nitrogens with zero attached hydrogens (tertiary/aromatic N) is 2. The molecule has 1 fully saturated rings. The predicted molar refractivity (Wildman–Crippen MR) is 120 cm³/mol. The monoisotopic (exact) mass is 427 g/mol. The van der Waals surface area contributed by atoms with Crippen molar-refractivity contribution in [1.82, 2.24) is 15.2 Å². The lowest BCUT2D eigenvalue weighted by molar-refractivity contribution is -0.128. The number of pyridine rings is 1. The summed E-state index contributed by atoms with van der Waals surface area (Å²) in [7, 11) is 0. The van der Waals surface area contributed by atoms with Crippen molar-refractivity contribution in [2.45, 2.75) is 52.7 Å². The molecule has 31 heavy (non-hydrogen) atoms. The SMILES string of the molecule is Cc1ncc(C(C)(C)NC(=O)C2COCCN(C(=O)OC(C)(C)C)C2)c2ccccc12. The van der Waals surface area contributed by atoms with Crippen LogP contribution in [0, 0.1) is 12.8 Å². The summed E-state index contributed by atoms with van der Waals surface area (Å²) in [6.45, 7) is 12.7. The van der Waals surface area contributed by atoms with Gasteiger partial charge >= 0.3 is 6.09 Å². The van der Waals surface area contributed by atoms with Gasteiger partial charge in [-0.1, -0.05) is 24.3 Å². The number of fused-ring (bicyclic) bond motifs is 1. The quantitative estimate of drug-likeness (QED) is 0.806. The lowest BCUT2D eigenvalue weighted by Gasteiger charge is -2.31. The number of hydrogen-bond acceptors (Lipinski definition) is 5. The summed E-state index contributed by atoms with van der Waals surface area (Å²) < 4.78 is 11.1. The average molecular weight is 428 g/mol. The van der Waals surface area contributed by atoms with Gasteiger partial charge in [0.25, 0.3) is 0 Å². The molecule has 2 heterocycles. The summed E-state index contributed by atoms with van der Waals surface area (Å²) in [5.41, 5.74) is 0.649. The Labute approximate surface area is 184 Å². The van der Waals surface area contributed by atoms with E-state index < -0.39 is 23.2 Å². The van der Waals surface area contributed by atoms with E-state index in [0.29, 0.717) is 13.2 Å². The highest BCUT2D eigenvalue weighted by Gasteiger charge is 2.33. The second-order valence-corrected chi connectivity index (χ2v) is 9.62.